The molecule has 0 fully saturated rings. The van der Waals surface area contributed by atoms with Crippen LogP contribution in [0.5, 0.6) is 5.75 Å². The van der Waals surface area contributed by atoms with E-state index in [9.17, 15) is 0 Å². The lowest BCUT2D eigenvalue weighted by atomic mass is 10.1. The molecule has 0 amide bonds. The zero-order valence-electron chi connectivity index (χ0n) is 10.3. The van der Waals surface area contributed by atoms with Crippen molar-refractivity contribution >= 4 is 6.01 Å². The molecule has 1 heterocycles. The molecule has 0 atom stereocenters. The molecule has 0 aliphatic heterocycles. The summed E-state index contributed by atoms with van der Waals surface area (Å²) in [5.41, 5.74) is 2.10. The summed E-state index contributed by atoms with van der Waals surface area (Å²) in [7, 11) is 3.46. The Hall–Kier alpha value is -1.97. The number of rotatable bonds is 4. The van der Waals surface area contributed by atoms with Gasteiger partial charge in [-0.3, -0.25) is 0 Å². The van der Waals surface area contributed by atoms with Crippen LogP contribution in [0.25, 0.3) is 0 Å². The van der Waals surface area contributed by atoms with Crippen LogP contribution in [0.2, 0.25) is 0 Å². The molecule has 1 aromatic heterocycles. The van der Waals surface area contributed by atoms with Crippen LogP contribution in [0.3, 0.4) is 0 Å². The maximum atomic E-state index is 5.44. The minimum absolute atomic E-state index is 0.556. The fourth-order valence-corrected chi connectivity index (χ4v) is 1.67. The van der Waals surface area contributed by atoms with Gasteiger partial charge in [-0.25, -0.2) is 0 Å². The molecule has 2 rings (SSSR count). The number of anilines is 1. The zero-order chi connectivity index (χ0) is 12.3. The van der Waals surface area contributed by atoms with Gasteiger partial charge < -0.3 is 14.5 Å². The highest BCUT2D eigenvalue weighted by Gasteiger charge is 2.09. The van der Waals surface area contributed by atoms with E-state index in [2.05, 4.69) is 16.4 Å². The summed E-state index contributed by atoms with van der Waals surface area (Å²) in [5.74, 6) is 1.70. The van der Waals surface area contributed by atoms with E-state index in [1.807, 2.05) is 25.1 Å². The van der Waals surface area contributed by atoms with Gasteiger partial charge >= 0.3 is 0 Å². The number of nitrogens with one attached hydrogen (secondary N) is 1. The van der Waals surface area contributed by atoms with Crippen molar-refractivity contribution in [3.05, 3.63) is 41.3 Å². The molecule has 2 aromatic rings. The lowest BCUT2D eigenvalue weighted by Crippen LogP contribution is -1.93. The Bertz CT molecular complexity index is 506. The monoisotopic (exact) mass is 232 g/mol. The van der Waals surface area contributed by atoms with E-state index in [0.717, 1.165) is 29.2 Å². The van der Waals surface area contributed by atoms with Gasteiger partial charge in [0.15, 0.2) is 0 Å². The lowest BCUT2D eigenvalue weighted by Gasteiger charge is -2.02. The minimum Gasteiger partial charge on any atom is -0.497 e. The summed E-state index contributed by atoms with van der Waals surface area (Å²) < 4.78 is 10.6. The second-order valence-electron chi connectivity index (χ2n) is 3.80. The van der Waals surface area contributed by atoms with Crippen LogP contribution in [-0.4, -0.2) is 19.1 Å². The number of aromatic nitrogens is 1. The number of hydrogen-bond donors (Lipinski definition) is 1. The van der Waals surface area contributed by atoms with Crippen LogP contribution in [0.1, 0.15) is 17.0 Å². The number of benzene rings is 1. The standard InChI is InChI=1S/C13H16N2O2/c1-9-12(15-13(14-2)17-9)8-10-5-4-6-11(7-10)16-3/h4-7H,8H2,1-3H3,(H,14,15). The molecular weight excluding hydrogens is 216 g/mol. The fraction of sp³-hybridized carbons (Fsp3) is 0.308. The highest BCUT2D eigenvalue weighted by molar-refractivity contribution is 5.33. The third-order valence-electron chi connectivity index (χ3n) is 2.61. The van der Waals surface area contributed by atoms with Gasteiger partial charge in [-0.1, -0.05) is 12.1 Å². The summed E-state index contributed by atoms with van der Waals surface area (Å²) in [4.78, 5) is 4.36. The largest absolute Gasteiger partial charge is 0.497 e. The number of methoxy groups -OCH3 is 1. The van der Waals surface area contributed by atoms with Gasteiger partial charge in [0.05, 0.1) is 12.8 Å². The van der Waals surface area contributed by atoms with Crippen molar-refractivity contribution in [2.75, 3.05) is 19.5 Å². The van der Waals surface area contributed by atoms with E-state index in [4.69, 9.17) is 9.15 Å². The predicted molar refractivity (Wildman–Crippen MR) is 66.6 cm³/mol. The van der Waals surface area contributed by atoms with E-state index in [1.165, 1.54) is 0 Å². The van der Waals surface area contributed by atoms with Crippen LogP contribution in [0, 0.1) is 6.92 Å². The highest BCUT2D eigenvalue weighted by Crippen LogP contribution is 2.19. The number of ether oxygens (including phenoxy) is 1. The van der Waals surface area contributed by atoms with Gasteiger partial charge in [0.2, 0.25) is 0 Å². The molecule has 4 nitrogen and oxygen atoms in total. The van der Waals surface area contributed by atoms with Crippen molar-refractivity contribution in [2.45, 2.75) is 13.3 Å². The van der Waals surface area contributed by atoms with Crippen LogP contribution in [0.15, 0.2) is 28.7 Å². The quantitative estimate of drug-likeness (QED) is 0.880. The number of oxazole rings is 1. The molecule has 90 valence electrons. The molecule has 17 heavy (non-hydrogen) atoms. The summed E-state index contributed by atoms with van der Waals surface area (Å²) in [6.45, 7) is 1.92. The first-order valence-electron chi connectivity index (χ1n) is 5.50. The number of nitrogens with zero attached hydrogens (tertiary/aromatic N) is 1. The van der Waals surface area contributed by atoms with Crippen LogP contribution < -0.4 is 10.1 Å². The molecule has 0 spiro atoms. The molecule has 1 N–H and O–H groups in total. The maximum Gasteiger partial charge on any atom is 0.294 e. The van der Waals surface area contributed by atoms with E-state index >= 15 is 0 Å². The summed E-state index contributed by atoms with van der Waals surface area (Å²) in [6, 6.07) is 8.52. The fourth-order valence-electron chi connectivity index (χ4n) is 1.67. The molecule has 0 bridgehead atoms. The van der Waals surface area contributed by atoms with Crippen molar-refractivity contribution in [3.8, 4) is 5.75 Å². The number of hydrogen-bond acceptors (Lipinski definition) is 4. The topological polar surface area (TPSA) is 47.3 Å². The van der Waals surface area contributed by atoms with Gasteiger partial charge in [-0.05, 0) is 24.6 Å². The third-order valence-corrected chi connectivity index (χ3v) is 2.61. The van der Waals surface area contributed by atoms with Crippen molar-refractivity contribution in [1.29, 1.82) is 0 Å². The third kappa shape index (κ3) is 2.58. The van der Waals surface area contributed by atoms with Crippen LogP contribution in [0.4, 0.5) is 6.01 Å². The molecule has 0 aliphatic carbocycles. The van der Waals surface area contributed by atoms with Crippen molar-refractivity contribution in [2.24, 2.45) is 0 Å². The second kappa shape index (κ2) is 4.91. The first-order chi connectivity index (χ1) is 8.22. The average molecular weight is 232 g/mol. The Kier molecular flexibility index (Phi) is 3.32. The Morgan fingerprint density at radius 3 is 2.88 bits per heavy atom. The molecule has 0 aliphatic rings. The maximum absolute atomic E-state index is 5.44. The van der Waals surface area contributed by atoms with Crippen LogP contribution >= 0.6 is 0 Å². The molecule has 1 aromatic carbocycles. The first-order valence-corrected chi connectivity index (χ1v) is 5.50. The molecule has 0 saturated carbocycles. The molecule has 0 unspecified atom stereocenters. The predicted octanol–water partition coefficient (Wildman–Crippen LogP) is 2.62. The zero-order valence-corrected chi connectivity index (χ0v) is 10.3. The molecule has 0 saturated heterocycles. The summed E-state index contributed by atoms with van der Waals surface area (Å²) in [6.07, 6.45) is 0.744. The Labute approximate surface area is 101 Å². The van der Waals surface area contributed by atoms with Gasteiger partial charge in [0.25, 0.3) is 6.01 Å². The Morgan fingerprint density at radius 1 is 1.41 bits per heavy atom. The minimum atomic E-state index is 0.556. The second-order valence-corrected chi connectivity index (χ2v) is 3.80. The van der Waals surface area contributed by atoms with Crippen LogP contribution in [-0.2, 0) is 6.42 Å². The van der Waals surface area contributed by atoms with Crippen molar-refractivity contribution in [3.63, 3.8) is 0 Å². The van der Waals surface area contributed by atoms with E-state index in [1.54, 1.807) is 14.2 Å². The average Bonchev–Trinajstić information content (AvgIpc) is 2.70. The first kappa shape index (κ1) is 11.5. The van der Waals surface area contributed by atoms with E-state index in [-0.39, 0.29) is 0 Å². The summed E-state index contributed by atoms with van der Waals surface area (Å²) in [5, 5.41) is 2.89. The van der Waals surface area contributed by atoms with Gasteiger partial charge in [-0.15, -0.1) is 0 Å². The lowest BCUT2D eigenvalue weighted by molar-refractivity contribution is 0.414. The SMILES string of the molecule is CNc1nc(Cc2cccc(OC)c2)c(C)o1. The van der Waals surface area contributed by atoms with Crippen molar-refractivity contribution in [1.82, 2.24) is 4.98 Å². The smallest absolute Gasteiger partial charge is 0.294 e. The molecule has 4 heteroatoms. The van der Waals surface area contributed by atoms with Gasteiger partial charge in [0, 0.05) is 13.5 Å². The Morgan fingerprint density at radius 2 is 2.24 bits per heavy atom. The highest BCUT2D eigenvalue weighted by atomic mass is 16.5. The normalized spacial score (nSPS) is 10.3. The van der Waals surface area contributed by atoms with Crippen molar-refractivity contribution < 1.29 is 9.15 Å². The summed E-state index contributed by atoms with van der Waals surface area (Å²) >= 11 is 0. The number of aryl methyl sites for hydroxylation is 1. The van der Waals surface area contributed by atoms with Gasteiger partial charge in [-0.2, -0.15) is 4.98 Å². The van der Waals surface area contributed by atoms with E-state index in [0.29, 0.717) is 6.01 Å². The molecular formula is C13H16N2O2. The molecule has 0 radical (unpaired) electrons. The van der Waals surface area contributed by atoms with E-state index < -0.39 is 0 Å². The van der Waals surface area contributed by atoms with Gasteiger partial charge in [0.1, 0.15) is 11.5 Å². The Balaban J connectivity index is 2.21.